The lowest BCUT2D eigenvalue weighted by molar-refractivity contribution is -0.127. The summed E-state index contributed by atoms with van der Waals surface area (Å²) >= 11 is 0. The van der Waals surface area contributed by atoms with E-state index in [0.29, 0.717) is 31.5 Å². The van der Waals surface area contributed by atoms with Crippen LogP contribution >= 0.6 is 0 Å². The van der Waals surface area contributed by atoms with E-state index in [0.717, 1.165) is 5.69 Å². The van der Waals surface area contributed by atoms with E-state index >= 15 is 0 Å². The van der Waals surface area contributed by atoms with Crippen molar-refractivity contribution in [3.05, 3.63) is 65.7 Å². The van der Waals surface area contributed by atoms with Gasteiger partial charge in [0.05, 0.1) is 24.1 Å². The lowest BCUT2D eigenvalue weighted by Gasteiger charge is -2.07. The maximum absolute atomic E-state index is 13.5. The highest BCUT2D eigenvalue weighted by Crippen LogP contribution is 2.38. The van der Waals surface area contributed by atoms with E-state index in [9.17, 15) is 14.0 Å². The zero-order valence-corrected chi connectivity index (χ0v) is 13.7. The second kappa shape index (κ2) is 7.88. The van der Waals surface area contributed by atoms with Gasteiger partial charge in [-0.3, -0.25) is 14.6 Å². The summed E-state index contributed by atoms with van der Waals surface area (Å²) in [6.45, 7) is 0.719. The van der Waals surface area contributed by atoms with Gasteiger partial charge in [-0.1, -0.05) is 24.3 Å². The van der Waals surface area contributed by atoms with Crippen molar-refractivity contribution in [1.29, 1.82) is 0 Å². The monoisotopic (exact) mass is 341 g/mol. The van der Waals surface area contributed by atoms with Crippen LogP contribution < -0.4 is 10.6 Å². The number of nitrogens with one attached hydrogen (secondary N) is 2. The van der Waals surface area contributed by atoms with Crippen LogP contribution in [0.15, 0.2) is 48.7 Å². The van der Waals surface area contributed by atoms with Gasteiger partial charge in [-0.2, -0.15) is 0 Å². The third kappa shape index (κ3) is 4.62. The maximum Gasteiger partial charge on any atom is 0.224 e. The average molecular weight is 341 g/mol. The SMILES string of the molecule is O=C(NCCc1ccccc1F)C1CC1C(=O)NCc1ccccn1. The summed E-state index contributed by atoms with van der Waals surface area (Å²) in [5.41, 5.74) is 1.35. The van der Waals surface area contributed by atoms with Crippen molar-refractivity contribution >= 4 is 11.8 Å². The van der Waals surface area contributed by atoms with Gasteiger partial charge in [-0.15, -0.1) is 0 Å². The van der Waals surface area contributed by atoms with Crippen LogP contribution in [0, 0.1) is 17.7 Å². The molecule has 5 nitrogen and oxygen atoms in total. The minimum atomic E-state index is -0.288. The molecule has 2 atom stereocenters. The summed E-state index contributed by atoms with van der Waals surface area (Å²) in [5.74, 6) is -1.11. The van der Waals surface area contributed by atoms with Crippen LogP contribution in [-0.2, 0) is 22.6 Å². The fraction of sp³-hybridized carbons (Fsp3) is 0.316. The van der Waals surface area contributed by atoms with Crippen LogP contribution in [0.4, 0.5) is 4.39 Å². The van der Waals surface area contributed by atoms with Gasteiger partial charge in [0.2, 0.25) is 11.8 Å². The van der Waals surface area contributed by atoms with Gasteiger partial charge in [0.1, 0.15) is 5.82 Å². The summed E-state index contributed by atoms with van der Waals surface area (Å²) < 4.78 is 13.5. The van der Waals surface area contributed by atoms with Crippen molar-refractivity contribution in [3.8, 4) is 0 Å². The first-order valence-electron chi connectivity index (χ1n) is 8.34. The van der Waals surface area contributed by atoms with E-state index in [-0.39, 0.29) is 29.5 Å². The fourth-order valence-corrected chi connectivity index (χ4v) is 2.74. The van der Waals surface area contributed by atoms with Crippen LogP contribution in [0.3, 0.4) is 0 Å². The molecule has 1 saturated carbocycles. The second-order valence-corrected chi connectivity index (χ2v) is 6.12. The summed E-state index contributed by atoms with van der Waals surface area (Å²) in [6.07, 6.45) is 2.66. The molecule has 2 N–H and O–H groups in total. The fourth-order valence-electron chi connectivity index (χ4n) is 2.74. The summed E-state index contributed by atoms with van der Waals surface area (Å²) in [4.78, 5) is 28.3. The van der Waals surface area contributed by atoms with Gasteiger partial charge < -0.3 is 10.6 Å². The number of pyridine rings is 1. The normalized spacial score (nSPS) is 18.4. The van der Waals surface area contributed by atoms with Gasteiger partial charge in [0, 0.05) is 12.7 Å². The molecule has 6 heteroatoms. The van der Waals surface area contributed by atoms with Crippen molar-refractivity contribution in [2.75, 3.05) is 6.54 Å². The molecular formula is C19H20FN3O2. The molecule has 2 unspecified atom stereocenters. The Kier molecular flexibility index (Phi) is 5.38. The standard InChI is InChI=1S/C19H20FN3O2/c20-17-7-2-1-5-13(17)8-10-22-18(24)15-11-16(15)19(25)23-12-14-6-3-4-9-21-14/h1-7,9,15-16H,8,10-12H2,(H,22,24)(H,23,25). The Bertz CT molecular complexity index is 751. The van der Waals surface area contributed by atoms with E-state index in [4.69, 9.17) is 0 Å². The predicted molar refractivity (Wildman–Crippen MR) is 90.8 cm³/mol. The minimum absolute atomic E-state index is 0.125. The van der Waals surface area contributed by atoms with Crippen molar-refractivity contribution in [1.82, 2.24) is 15.6 Å². The number of carbonyl (C=O) groups excluding carboxylic acids is 2. The molecule has 0 radical (unpaired) electrons. The molecule has 1 aliphatic carbocycles. The van der Waals surface area contributed by atoms with Crippen molar-refractivity contribution in [3.63, 3.8) is 0 Å². The Morgan fingerprint density at radius 2 is 1.76 bits per heavy atom. The molecule has 2 amide bonds. The molecule has 1 aromatic carbocycles. The van der Waals surface area contributed by atoms with Gasteiger partial charge in [-0.25, -0.2) is 4.39 Å². The first kappa shape index (κ1) is 17.1. The van der Waals surface area contributed by atoms with Gasteiger partial charge in [0.25, 0.3) is 0 Å². The smallest absolute Gasteiger partial charge is 0.224 e. The maximum atomic E-state index is 13.5. The summed E-state index contributed by atoms with van der Waals surface area (Å²) in [7, 11) is 0. The molecule has 130 valence electrons. The summed E-state index contributed by atoms with van der Waals surface area (Å²) in [5, 5.41) is 5.59. The number of hydrogen-bond acceptors (Lipinski definition) is 3. The van der Waals surface area contributed by atoms with E-state index in [1.807, 2.05) is 18.2 Å². The molecule has 25 heavy (non-hydrogen) atoms. The number of halogens is 1. The van der Waals surface area contributed by atoms with E-state index in [1.165, 1.54) is 6.07 Å². The first-order chi connectivity index (χ1) is 12.1. The average Bonchev–Trinajstić information content (AvgIpc) is 3.43. The first-order valence-corrected chi connectivity index (χ1v) is 8.34. The lowest BCUT2D eigenvalue weighted by atomic mass is 10.1. The van der Waals surface area contributed by atoms with Crippen LogP contribution in [0.5, 0.6) is 0 Å². The predicted octanol–water partition coefficient (Wildman–Crippen LogP) is 1.83. The van der Waals surface area contributed by atoms with E-state index in [2.05, 4.69) is 15.6 Å². The number of rotatable bonds is 7. The molecule has 2 aromatic rings. The zero-order valence-electron chi connectivity index (χ0n) is 13.7. The van der Waals surface area contributed by atoms with Crippen LogP contribution in [0.2, 0.25) is 0 Å². The van der Waals surface area contributed by atoms with Gasteiger partial charge >= 0.3 is 0 Å². The molecule has 1 aliphatic rings. The summed E-state index contributed by atoms with van der Waals surface area (Å²) in [6, 6.07) is 12.0. The third-order valence-electron chi connectivity index (χ3n) is 4.29. The number of hydrogen-bond donors (Lipinski definition) is 2. The quantitative estimate of drug-likeness (QED) is 0.807. The second-order valence-electron chi connectivity index (χ2n) is 6.12. The number of amides is 2. The van der Waals surface area contributed by atoms with Crippen LogP contribution in [0.1, 0.15) is 17.7 Å². The highest BCUT2D eigenvalue weighted by molar-refractivity contribution is 5.92. The Morgan fingerprint density at radius 1 is 1.04 bits per heavy atom. The van der Waals surface area contributed by atoms with Crippen LogP contribution in [-0.4, -0.2) is 23.3 Å². The van der Waals surface area contributed by atoms with Gasteiger partial charge in [-0.05, 0) is 36.6 Å². The van der Waals surface area contributed by atoms with Crippen LogP contribution in [0.25, 0.3) is 0 Å². The van der Waals surface area contributed by atoms with Gasteiger partial charge in [0.15, 0.2) is 0 Å². The third-order valence-corrected chi connectivity index (χ3v) is 4.29. The highest BCUT2D eigenvalue weighted by Gasteiger charge is 2.47. The highest BCUT2D eigenvalue weighted by atomic mass is 19.1. The largest absolute Gasteiger partial charge is 0.356 e. The number of nitrogens with zero attached hydrogens (tertiary/aromatic N) is 1. The number of benzene rings is 1. The van der Waals surface area contributed by atoms with E-state index < -0.39 is 0 Å². The molecule has 3 rings (SSSR count). The Hall–Kier alpha value is -2.76. The Labute approximate surface area is 145 Å². The molecule has 1 heterocycles. The number of carbonyl (C=O) groups is 2. The molecule has 0 saturated heterocycles. The molecule has 0 spiro atoms. The van der Waals surface area contributed by atoms with E-state index in [1.54, 1.807) is 24.4 Å². The molecule has 0 aliphatic heterocycles. The zero-order chi connectivity index (χ0) is 17.6. The molecule has 0 bridgehead atoms. The minimum Gasteiger partial charge on any atom is -0.356 e. The van der Waals surface area contributed by atoms with Crippen molar-refractivity contribution < 1.29 is 14.0 Å². The topological polar surface area (TPSA) is 71.1 Å². The Balaban J connectivity index is 1.38. The number of aromatic nitrogens is 1. The molecule has 1 fully saturated rings. The van der Waals surface area contributed by atoms with Crippen molar-refractivity contribution in [2.24, 2.45) is 11.8 Å². The molecule has 1 aromatic heterocycles. The molecular weight excluding hydrogens is 321 g/mol. The lowest BCUT2D eigenvalue weighted by Crippen LogP contribution is -2.31. The van der Waals surface area contributed by atoms with Crippen molar-refractivity contribution in [2.45, 2.75) is 19.4 Å². The Morgan fingerprint density at radius 3 is 2.48 bits per heavy atom.